The second kappa shape index (κ2) is 5.43. The van der Waals surface area contributed by atoms with Crippen molar-refractivity contribution in [3.05, 3.63) is 35.4 Å². The van der Waals surface area contributed by atoms with E-state index in [4.69, 9.17) is 10.5 Å². The molecule has 0 heterocycles. The molecule has 3 N–H and O–H groups in total. The predicted octanol–water partition coefficient (Wildman–Crippen LogP) is 1.65. The molecule has 3 heteroatoms. The number of rotatable bonds is 5. The van der Waals surface area contributed by atoms with E-state index >= 15 is 0 Å². The summed E-state index contributed by atoms with van der Waals surface area (Å²) in [7, 11) is 1.70. The van der Waals surface area contributed by atoms with Gasteiger partial charge in [-0.15, -0.1) is 0 Å². The number of aliphatic hydroxyl groups is 1. The van der Waals surface area contributed by atoms with Gasteiger partial charge in [-0.2, -0.15) is 0 Å². The highest BCUT2D eigenvalue weighted by molar-refractivity contribution is 5.30. The summed E-state index contributed by atoms with van der Waals surface area (Å²) in [6.45, 7) is 4.29. The zero-order chi connectivity index (χ0) is 12.2. The van der Waals surface area contributed by atoms with Crippen LogP contribution in [0.5, 0.6) is 0 Å². The van der Waals surface area contributed by atoms with Crippen molar-refractivity contribution in [3.63, 3.8) is 0 Å². The molecule has 1 atom stereocenters. The van der Waals surface area contributed by atoms with Gasteiger partial charge in [-0.3, -0.25) is 0 Å². The molecular formula is C13H21NO2. The largest absolute Gasteiger partial charge is 0.387 e. The third kappa shape index (κ3) is 3.30. The van der Waals surface area contributed by atoms with Crippen molar-refractivity contribution in [2.75, 3.05) is 13.7 Å². The monoisotopic (exact) mass is 223 g/mol. The van der Waals surface area contributed by atoms with Crippen molar-refractivity contribution >= 4 is 0 Å². The standard InChI is InChI=1S/C13H21NO2/c1-13(2,16-3)8-10-6-4-5-7-11(10)12(15)9-14/h4-7,12,15H,8-9,14H2,1-3H3. The van der Waals surface area contributed by atoms with Gasteiger partial charge in [0.25, 0.3) is 0 Å². The lowest BCUT2D eigenvalue weighted by Crippen LogP contribution is -2.26. The minimum absolute atomic E-state index is 0.232. The SMILES string of the molecule is COC(C)(C)Cc1ccccc1C(O)CN. The van der Waals surface area contributed by atoms with E-state index in [1.165, 1.54) is 0 Å². The highest BCUT2D eigenvalue weighted by Gasteiger charge is 2.20. The quantitative estimate of drug-likeness (QED) is 0.798. The van der Waals surface area contributed by atoms with Crippen LogP contribution in [0.4, 0.5) is 0 Å². The summed E-state index contributed by atoms with van der Waals surface area (Å²) in [5.41, 5.74) is 7.24. The Kier molecular flexibility index (Phi) is 4.47. The molecule has 0 radical (unpaired) electrons. The van der Waals surface area contributed by atoms with Crippen LogP contribution in [-0.2, 0) is 11.2 Å². The molecule has 0 saturated carbocycles. The van der Waals surface area contributed by atoms with Gasteiger partial charge in [-0.1, -0.05) is 24.3 Å². The number of hydrogen-bond donors (Lipinski definition) is 2. The second-order valence-corrected chi connectivity index (χ2v) is 4.59. The first-order valence-corrected chi connectivity index (χ1v) is 5.51. The van der Waals surface area contributed by atoms with Gasteiger partial charge in [0.1, 0.15) is 0 Å². The van der Waals surface area contributed by atoms with Gasteiger partial charge in [0.05, 0.1) is 11.7 Å². The van der Waals surface area contributed by atoms with E-state index in [9.17, 15) is 5.11 Å². The van der Waals surface area contributed by atoms with E-state index in [0.717, 1.165) is 17.5 Å². The molecule has 0 aliphatic carbocycles. The summed E-state index contributed by atoms with van der Waals surface area (Å²) in [5.74, 6) is 0. The van der Waals surface area contributed by atoms with E-state index in [1.54, 1.807) is 7.11 Å². The number of aliphatic hydroxyl groups excluding tert-OH is 1. The Bertz CT molecular complexity index is 336. The Hall–Kier alpha value is -0.900. The van der Waals surface area contributed by atoms with Gasteiger partial charge in [0.2, 0.25) is 0 Å². The molecule has 1 aromatic rings. The smallest absolute Gasteiger partial charge is 0.0914 e. The molecule has 0 bridgehead atoms. The average Bonchev–Trinajstić information content (AvgIpc) is 2.28. The maximum atomic E-state index is 9.81. The first kappa shape index (κ1) is 13.2. The summed E-state index contributed by atoms with van der Waals surface area (Å²) in [6, 6.07) is 7.80. The molecule has 0 spiro atoms. The van der Waals surface area contributed by atoms with Crippen LogP contribution in [0.15, 0.2) is 24.3 Å². The topological polar surface area (TPSA) is 55.5 Å². The minimum atomic E-state index is -0.594. The molecule has 1 unspecified atom stereocenters. The number of methoxy groups -OCH3 is 1. The molecule has 0 amide bonds. The number of nitrogens with two attached hydrogens (primary N) is 1. The maximum Gasteiger partial charge on any atom is 0.0914 e. The Morgan fingerprint density at radius 2 is 2.00 bits per heavy atom. The zero-order valence-corrected chi connectivity index (χ0v) is 10.2. The number of hydrogen-bond acceptors (Lipinski definition) is 3. The number of benzene rings is 1. The van der Waals surface area contributed by atoms with Gasteiger partial charge in [-0.05, 0) is 25.0 Å². The molecule has 3 nitrogen and oxygen atoms in total. The van der Waals surface area contributed by atoms with Crippen LogP contribution in [0.2, 0.25) is 0 Å². The molecular weight excluding hydrogens is 202 g/mol. The third-order valence-electron chi connectivity index (χ3n) is 2.81. The average molecular weight is 223 g/mol. The first-order valence-electron chi connectivity index (χ1n) is 5.51. The molecule has 0 fully saturated rings. The third-order valence-corrected chi connectivity index (χ3v) is 2.81. The Balaban J connectivity index is 2.95. The first-order chi connectivity index (χ1) is 7.50. The van der Waals surface area contributed by atoms with Crippen LogP contribution in [-0.4, -0.2) is 24.4 Å². The summed E-state index contributed by atoms with van der Waals surface area (Å²) in [5, 5.41) is 9.81. The summed E-state index contributed by atoms with van der Waals surface area (Å²) < 4.78 is 5.40. The number of ether oxygens (including phenoxy) is 1. The van der Waals surface area contributed by atoms with Crippen LogP contribution in [0.1, 0.15) is 31.1 Å². The lowest BCUT2D eigenvalue weighted by Gasteiger charge is -2.25. The van der Waals surface area contributed by atoms with Crippen LogP contribution in [0, 0.1) is 0 Å². The summed E-state index contributed by atoms with van der Waals surface area (Å²) >= 11 is 0. The van der Waals surface area contributed by atoms with Gasteiger partial charge in [0.15, 0.2) is 0 Å². The van der Waals surface area contributed by atoms with Crippen molar-refractivity contribution in [1.82, 2.24) is 0 Å². The molecule has 90 valence electrons. The second-order valence-electron chi connectivity index (χ2n) is 4.59. The van der Waals surface area contributed by atoms with Crippen LogP contribution < -0.4 is 5.73 Å². The molecule has 0 aromatic heterocycles. The summed E-state index contributed by atoms with van der Waals surface area (Å²) in [4.78, 5) is 0. The molecule has 1 aromatic carbocycles. The fraction of sp³-hybridized carbons (Fsp3) is 0.538. The Morgan fingerprint density at radius 3 is 2.56 bits per heavy atom. The van der Waals surface area contributed by atoms with E-state index in [1.807, 2.05) is 38.1 Å². The fourth-order valence-electron chi connectivity index (χ4n) is 1.68. The van der Waals surface area contributed by atoms with Gasteiger partial charge in [-0.25, -0.2) is 0 Å². The Morgan fingerprint density at radius 1 is 1.38 bits per heavy atom. The van der Waals surface area contributed by atoms with E-state index < -0.39 is 6.10 Å². The van der Waals surface area contributed by atoms with Crippen LogP contribution >= 0.6 is 0 Å². The van der Waals surface area contributed by atoms with Gasteiger partial charge < -0.3 is 15.6 Å². The van der Waals surface area contributed by atoms with Gasteiger partial charge >= 0.3 is 0 Å². The van der Waals surface area contributed by atoms with Crippen LogP contribution in [0.3, 0.4) is 0 Å². The maximum absolute atomic E-state index is 9.81. The van der Waals surface area contributed by atoms with Crippen molar-refractivity contribution in [2.45, 2.75) is 32.0 Å². The van der Waals surface area contributed by atoms with E-state index in [-0.39, 0.29) is 12.1 Å². The minimum Gasteiger partial charge on any atom is -0.387 e. The lowest BCUT2D eigenvalue weighted by atomic mass is 9.92. The summed E-state index contributed by atoms with van der Waals surface area (Å²) in [6.07, 6.45) is 0.167. The van der Waals surface area contributed by atoms with E-state index in [0.29, 0.717) is 0 Å². The van der Waals surface area contributed by atoms with E-state index in [2.05, 4.69) is 0 Å². The van der Waals surface area contributed by atoms with Crippen LogP contribution in [0.25, 0.3) is 0 Å². The highest BCUT2D eigenvalue weighted by atomic mass is 16.5. The highest BCUT2D eigenvalue weighted by Crippen LogP contribution is 2.23. The normalized spacial score (nSPS) is 13.8. The Labute approximate surface area is 97.2 Å². The van der Waals surface area contributed by atoms with Gasteiger partial charge in [0, 0.05) is 20.1 Å². The lowest BCUT2D eigenvalue weighted by molar-refractivity contribution is 0.0226. The predicted molar refractivity (Wildman–Crippen MR) is 65.2 cm³/mol. The molecule has 16 heavy (non-hydrogen) atoms. The van der Waals surface area contributed by atoms with Crippen molar-refractivity contribution < 1.29 is 9.84 Å². The van der Waals surface area contributed by atoms with Crippen molar-refractivity contribution in [2.24, 2.45) is 5.73 Å². The molecule has 0 aliphatic rings. The molecule has 0 saturated heterocycles. The zero-order valence-electron chi connectivity index (χ0n) is 10.2. The van der Waals surface area contributed by atoms with Crippen molar-refractivity contribution in [1.29, 1.82) is 0 Å². The van der Waals surface area contributed by atoms with Crippen molar-refractivity contribution in [3.8, 4) is 0 Å². The molecule has 1 rings (SSSR count). The molecule has 0 aliphatic heterocycles. The fourth-order valence-corrected chi connectivity index (χ4v) is 1.68.